The number of aryl methyl sites for hydroxylation is 4. The molecule has 0 radical (unpaired) electrons. The van der Waals surface area contributed by atoms with Gasteiger partial charge in [0.2, 0.25) is 0 Å². The van der Waals surface area contributed by atoms with E-state index in [1.165, 1.54) is 11.1 Å². The molecule has 0 saturated heterocycles. The Kier molecular flexibility index (Phi) is 5.04. The van der Waals surface area contributed by atoms with Gasteiger partial charge >= 0.3 is 0 Å². The highest BCUT2D eigenvalue weighted by Gasteiger charge is 2.35. The zero-order valence-electron chi connectivity index (χ0n) is 19.1. The van der Waals surface area contributed by atoms with E-state index >= 15 is 0 Å². The van der Waals surface area contributed by atoms with Crippen LogP contribution in [0.2, 0.25) is 0 Å². The lowest BCUT2D eigenvalue weighted by atomic mass is 10.0. The molecule has 0 unspecified atom stereocenters. The fraction of sp³-hybridized carbons (Fsp3) is 0.296. The first-order valence-electron chi connectivity index (χ1n) is 11.2. The van der Waals surface area contributed by atoms with E-state index in [1.807, 2.05) is 24.9 Å². The Balaban J connectivity index is 1.61. The summed E-state index contributed by atoms with van der Waals surface area (Å²) in [7, 11) is 1.84. The average molecular weight is 425 g/mol. The van der Waals surface area contributed by atoms with E-state index in [4.69, 9.17) is 4.98 Å². The molecule has 5 nitrogen and oxygen atoms in total. The van der Waals surface area contributed by atoms with Crippen molar-refractivity contribution in [3.8, 4) is 11.3 Å². The van der Waals surface area contributed by atoms with Gasteiger partial charge in [-0.2, -0.15) is 5.10 Å². The molecule has 1 fully saturated rings. The molecule has 162 valence electrons. The zero-order valence-corrected chi connectivity index (χ0v) is 19.1. The standard InChI is InChI=1S/C27H28N4O/c1-17-6-5-7-21(12-17)26-22(15-20-9-8-18(2)13-24(20)28-26)16-31(23-10-11-23)27(32)25-14-19(3)29-30(25)4/h5-9,12-15,23H,10-11,16H2,1-4H3. The molecule has 32 heavy (non-hydrogen) atoms. The van der Waals surface area contributed by atoms with Gasteiger partial charge in [-0.3, -0.25) is 9.48 Å². The van der Waals surface area contributed by atoms with Crippen molar-refractivity contribution in [2.75, 3.05) is 0 Å². The minimum Gasteiger partial charge on any atom is -0.330 e. The maximum atomic E-state index is 13.5. The van der Waals surface area contributed by atoms with Crippen LogP contribution in [0.1, 0.15) is 45.7 Å². The summed E-state index contributed by atoms with van der Waals surface area (Å²) in [5.74, 6) is 0.0368. The van der Waals surface area contributed by atoms with Crippen molar-refractivity contribution in [2.45, 2.75) is 46.2 Å². The third-order valence-electron chi connectivity index (χ3n) is 6.15. The summed E-state index contributed by atoms with van der Waals surface area (Å²) in [5, 5.41) is 5.48. The zero-order chi connectivity index (χ0) is 22.4. The smallest absolute Gasteiger partial charge is 0.272 e. The lowest BCUT2D eigenvalue weighted by molar-refractivity contribution is 0.0719. The van der Waals surface area contributed by atoms with Gasteiger partial charge in [-0.05, 0) is 69.0 Å². The third kappa shape index (κ3) is 3.91. The summed E-state index contributed by atoms with van der Waals surface area (Å²) in [5.41, 5.74) is 7.97. The van der Waals surface area contributed by atoms with Gasteiger partial charge in [-0.25, -0.2) is 4.98 Å². The summed E-state index contributed by atoms with van der Waals surface area (Å²) < 4.78 is 1.69. The molecule has 4 aromatic rings. The number of pyridine rings is 1. The quantitative estimate of drug-likeness (QED) is 0.433. The average Bonchev–Trinajstić information content (AvgIpc) is 3.54. The molecule has 2 aromatic heterocycles. The van der Waals surface area contributed by atoms with Gasteiger partial charge in [0, 0.05) is 30.6 Å². The first-order chi connectivity index (χ1) is 15.4. The van der Waals surface area contributed by atoms with E-state index in [9.17, 15) is 4.79 Å². The van der Waals surface area contributed by atoms with Crippen molar-refractivity contribution in [1.29, 1.82) is 0 Å². The minimum absolute atomic E-state index is 0.0368. The molecule has 1 amide bonds. The van der Waals surface area contributed by atoms with Gasteiger partial charge < -0.3 is 4.90 Å². The predicted molar refractivity (Wildman–Crippen MR) is 127 cm³/mol. The molecule has 5 rings (SSSR count). The first kappa shape index (κ1) is 20.4. The van der Waals surface area contributed by atoms with E-state index in [0.717, 1.165) is 46.3 Å². The van der Waals surface area contributed by atoms with Crippen molar-refractivity contribution >= 4 is 16.8 Å². The summed E-state index contributed by atoms with van der Waals surface area (Å²) >= 11 is 0. The second kappa shape index (κ2) is 7.90. The Labute approximate surface area is 188 Å². The lowest BCUT2D eigenvalue weighted by Gasteiger charge is -2.24. The Morgan fingerprint density at radius 1 is 1.03 bits per heavy atom. The molecule has 0 bridgehead atoms. The van der Waals surface area contributed by atoms with Crippen LogP contribution in [-0.2, 0) is 13.6 Å². The molecule has 1 aliphatic carbocycles. The van der Waals surface area contributed by atoms with Crippen molar-refractivity contribution in [2.24, 2.45) is 7.05 Å². The molecule has 1 aliphatic rings. The van der Waals surface area contributed by atoms with Crippen LogP contribution in [0.4, 0.5) is 0 Å². The number of fused-ring (bicyclic) bond motifs is 1. The fourth-order valence-electron chi connectivity index (χ4n) is 4.38. The Morgan fingerprint density at radius 2 is 1.81 bits per heavy atom. The number of hydrogen-bond donors (Lipinski definition) is 0. The highest BCUT2D eigenvalue weighted by Crippen LogP contribution is 2.33. The van der Waals surface area contributed by atoms with Crippen LogP contribution in [0.25, 0.3) is 22.2 Å². The first-order valence-corrected chi connectivity index (χ1v) is 11.2. The van der Waals surface area contributed by atoms with Gasteiger partial charge in [-0.1, -0.05) is 35.9 Å². The van der Waals surface area contributed by atoms with E-state index in [2.05, 4.69) is 67.5 Å². The highest BCUT2D eigenvalue weighted by molar-refractivity contribution is 5.93. The number of carbonyl (C=O) groups is 1. The van der Waals surface area contributed by atoms with Crippen molar-refractivity contribution < 1.29 is 4.79 Å². The van der Waals surface area contributed by atoms with Gasteiger partial charge in [-0.15, -0.1) is 0 Å². The molecule has 0 spiro atoms. The van der Waals surface area contributed by atoms with Crippen LogP contribution in [0.3, 0.4) is 0 Å². The van der Waals surface area contributed by atoms with Gasteiger partial charge in [0.05, 0.1) is 16.9 Å². The topological polar surface area (TPSA) is 51.0 Å². The largest absolute Gasteiger partial charge is 0.330 e. The summed E-state index contributed by atoms with van der Waals surface area (Å²) in [4.78, 5) is 20.6. The van der Waals surface area contributed by atoms with Crippen molar-refractivity contribution in [3.05, 3.63) is 82.7 Å². The van der Waals surface area contributed by atoms with Crippen LogP contribution >= 0.6 is 0 Å². The number of rotatable bonds is 5. The molecule has 1 saturated carbocycles. The minimum atomic E-state index is 0.0368. The molecular formula is C27H28N4O. The number of aromatic nitrogens is 3. The van der Waals surface area contributed by atoms with Crippen molar-refractivity contribution in [1.82, 2.24) is 19.7 Å². The molecule has 0 atom stereocenters. The normalized spacial score (nSPS) is 13.5. The molecule has 0 aliphatic heterocycles. The SMILES string of the molecule is Cc1cccc(-c2nc3cc(C)ccc3cc2CN(C(=O)c2cc(C)nn2C)C2CC2)c1. The fourth-order valence-corrected chi connectivity index (χ4v) is 4.38. The van der Waals surface area contributed by atoms with E-state index in [-0.39, 0.29) is 11.9 Å². The Hall–Kier alpha value is -3.47. The van der Waals surface area contributed by atoms with Crippen LogP contribution in [0.15, 0.2) is 54.6 Å². The van der Waals surface area contributed by atoms with Gasteiger partial charge in [0.1, 0.15) is 5.69 Å². The number of amides is 1. The third-order valence-corrected chi connectivity index (χ3v) is 6.15. The van der Waals surface area contributed by atoms with Crippen molar-refractivity contribution in [3.63, 3.8) is 0 Å². The van der Waals surface area contributed by atoms with E-state index in [1.54, 1.807) is 4.68 Å². The lowest BCUT2D eigenvalue weighted by Crippen LogP contribution is -2.34. The van der Waals surface area contributed by atoms with E-state index in [0.29, 0.717) is 12.2 Å². The van der Waals surface area contributed by atoms with Gasteiger partial charge in [0.25, 0.3) is 5.91 Å². The molecule has 5 heteroatoms. The summed E-state index contributed by atoms with van der Waals surface area (Å²) in [6, 6.07) is 19.2. The highest BCUT2D eigenvalue weighted by atomic mass is 16.2. The molecule has 2 aromatic carbocycles. The monoisotopic (exact) mass is 424 g/mol. The summed E-state index contributed by atoms with van der Waals surface area (Å²) in [6.45, 7) is 6.64. The maximum absolute atomic E-state index is 13.5. The Bertz CT molecular complexity index is 1330. The predicted octanol–water partition coefficient (Wildman–Crippen LogP) is 5.37. The second-order valence-corrected chi connectivity index (χ2v) is 9.02. The number of hydrogen-bond acceptors (Lipinski definition) is 3. The summed E-state index contributed by atoms with van der Waals surface area (Å²) in [6.07, 6.45) is 2.09. The Morgan fingerprint density at radius 3 is 2.50 bits per heavy atom. The maximum Gasteiger partial charge on any atom is 0.272 e. The van der Waals surface area contributed by atoms with Gasteiger partial charge in [0.15, 0.2) is 0 Å². The van der Waals surface area contributed by atoms with Crippen LogP contribution in [0, 0.1) is 20.8 Å². The van der Waals surface area contributed by atoms with Crippen LogP contribution < -0.4 is 0 Å². The number of benzene rings is 2. The molecular weight excluding hydrogens is 396 g/mol. The molecule has 0 N–H and O–H groups in total. The number of carbonyl (C=O) groups excluding carboxylic acids is 1. The second-order valence-electron chi connectivity index (χ2n) is 9.02. The number of nitrogens with zero attached hydrogens (tertiary/aromatic N) is 4. The van der Waals surface area contributed by atoms with Crippen LogP contribution in [-0.4, -0.2) is 31.6 Å². The van der Waals surface area contributed by atoms with Crippen LogP contribution in [0.5, 0.6) is 0 Å². The molecule has 2 heterocycles. The van der Waals surface area contributed by atoms with E-state index < -0.39 is 0 Å².